The number of aromatic hydroxyl groups is 1. The number of aliphatic hydroxyl groups is 2. The maximum atomic E-state index is 13.7. The topological polar surface area (TPSA) is 160 Å². The van der Waals surface area contributed by atoms with Crippen LogP contribution in [0.1, 0.15) is 28.8 Å². The molecule has 34 heavy (non-hydrogen) atoms. The number of nitrogens with zero attached hydrogens (tertiary/aromatic N) is 1. The molecule has 182 valence electrons. The van der Waals surface area contributed by atoms with Gasteiger partial charge in [0.15, 0.2) is 11.4 Å². The lowest BCUT2D eigenvalue weighted by Gasteiger charge is -2.55. The molecule has 1 aromatic rings. The molecule has 0 spiro atoms. The molecule has 6 unspecified atom stereocenters. The molecule has 0 fully saturated rings. The Bertz CT molecular complexity index is 1170. The summed E-state index contributed by atoms with van der Waals surface area (Å²) in [6.45, 7) is 1.83. The number of likely N-dealkylation sites (N-methyl/N-ethyl adjacent to an activating group) is 1. The van der Waals surface area contributed by atoms with Gasteiger partial charge in [0.2, 0.25) is 5.78 Å². The molecule has 0 aromatic heterocycles. The molecule has 0 saturated carbocycles. The number of aliphatic hydroxyl groups excluding tert-OH is 2. The first-order valence-corrected chi connectivity index (χ1v) is 10.8. The fourth-order valence-corrected chi connectivity index (χ4v) is 6.14. The molecule has 1 amide bonds. The van der Waals surface area contributed by atoms with Crippen LogP contribution in [-0.2, 0) is 19.1 Å². The predicted octanol–water partition coefficient (Wildman–Crippen LogP) is 0.961. The number of rotatable bonds is 4. The molecule has 0 bridgehead atoms. The number of amides is 1. The van der Waals surface area contributed by atoms with Crippen LogP contribution in [0.2, 0.25) is 0 Å². The van der Waals surface area contributed by atoms with E-state index < -0.39 is 70.1 Å². The first-order chi connectivity index (χ1) is 16.0. The first-order valence-electron chi connectivity index (χ1n) is 10.8. The average Bonchev–Trinajstić information content (AvgIpc) is 2.76. The summed E-state index contributed by atoms with van der Waals surface area (Å²) in [5.74, 6) is -6.60. The number of phenolic OH excluding ortho intramolecular Hbond substituents is 1. The van der Waals surface area contributed by atoms with E-state index in [9.17, 15) is 29.7 Å². The number of ketones is 2. The summed E-state index contributed by atoms with van der Waals surface area (Å²) >= 11 is 0. The highest BCUT2D eigenvalue weighted by molar-refractivity contribution is 6.25. The van der Waals surface area contributed by atoms with Crippen LogP contribution in [0.15, 0.2) is 40.9 Å². The van der Waals surface area contributed by atoms with E-state index in [1.165, 1.54) is 20.3 Å². The number of carbonyl (C=O) groups is 3. The minimum atomic E-state index is -2.23. The third kappa shape index (κ3) is 2.76. The number of fused-ring (bicyclic) bond motifs is 3. The van der Waals surface area contributed by atoms with Crippen LogP contribution in [0.4, 0.5) is 0 Å². The van der Waals surface area contributed by atoms with Crippen molar-refractivity contribution >= 4 is 17.5 Å². The number of benzene rings is 1. The molecule has 0 aliphatic heterocycles. The minimum absolute atomic E-state index is 0.0216. The lowest BCUT2D eigenvalue weighted by Crippen LogP contribution is -2.69. The van der Waals surface area contributed by atoms with Crippen molar-refractivity contribution in [3.63, 3.8) is 0 Å². The van der Waals surface area contributed by atoms with Gasteiger partial charge >= 0.3 is 0 Å². The molecule has 6 atom stereocenters. The molecule has 10 heteroatoms. The SMILES string of the molecule is COC1C2C(=C(O)C3(OC)C(=O)C(C(N)=O)=C(O)C(N(C)C)C13)C(=O)c1c(O)cccc1C2C. The number of hydrogen-bond acceptors (Lipinski definition) is 9. The molecule has 5 N–H and O–H groups in total. The van der Waals surface area contributed by atoms with E-state index in [1.807, 2.05) is 6.92 Å². The Morgan fingerprint density at radius 3 is 2.32 bits per heavy atom. The number of hydrogen-bond donors (Lipinski definition) is 4. The normalized spacial score (nSPS) is 33.1. The van der Waals surface area contributed by atoms with Gasteiger partial charge in [-0.15, -0.1) is 0 Å². The lowest BCUT2D eigenvalue weighted by molar-refractivity contribution is -0.173. The Morgan fingerprint density at radius 2 is 1.79 bits per heavy atom. The molecule has 10 nitrogen and oxygen atoms in total. The number of primary amides is 1. The van der Waals surface area contributed by atoms with Gasteiger partial charge in [-0.05, 0) is 31.6 Å². The number of ether oxygens (including phenoxy) is 2. The van der Waals surface area contributed by atoms with E-state index in [1.54, 1.807) is 31.1 Å². The van der Waals surface area contributed by atoms with Gasteiger partial charge in [-0.2, -0.15) is 0 Å². The fourth-order valence-electron chi connectivity index (χ4n) is 6.14. The van der Waals surface area contributed by atoms with E-state index in [2.05, 4.69) is 0 Å². The second-order valence-corrected chi connectivity index (χ2v) is 9.18. The van der Waals surface area contributed by atoms with Crippen LogP contribution in [0.5, 0.6) is 5.75 Å². The Labute approximate surface area is 196 Å². The molecule has 0 saturated heterocycles. The van der Waals surface area contributed by atoms with E-state index in [-0.39, 0.29) is 16.9 Å². The smallest absolute Gasteiger partial charge is 0.255 e. The summed E-state index contributed by atoms with van der Waals surface area (Å²) in [6, 6.07) is 3.69. The van der Waals surface area contributed by atoms with Crippen LogP contribution in [0, 0.1) is 11.8 Å². The van der Waals surface area contributed by atoms with Crippen LogP contribution in [0.25, 0.3) is 0 Å². The van der Waals surface area contributed by atoms with Crippen LogP contribution in [0.3, 0.4) is 0 Å². The molecule has 0 heterocycles. The van der Waals surface area contributed by atoms with E-state index in [4.69, 9.17) is 15.2 Å². The quantitative estimate of drug-likeness (QED) is 0.468. The zero-order valence-corrected chi connectivity index (χ0v) is 19.5. The van der Waals surface area contributed by atoms with Crippen molar-refractivity contribution in [1.29, 1.82) is 0 Å². The van der Waals surface area contributed by atoms with Crippen molar-refractivity contribution in [2.45, 2.75) is 30.6 Å². The Kier molecular flexibility index (Phi) is 5.58. The summed E-state index contributed by atoms with van der Waals surface area (Å²) in [5, 5.41) is 33.1. The summed E-state index contributed by atoms with van der Waals surface area (Å²) in [5.41, 5.74) is 2.96. The fraction of sp³-hybridized carbons (Fsp3) is 0.458. The molecule has 1 aromatic carbocycles. The largest absolute Gasteiger partial charge is 0.510 e. The summed E-state index contributed by atoms with van der Waals surface area (Å²) < 4.78 is 11.5. The molecule has 3 aliphatic carbocycles. The monoisotopic (exact) mass is 472 g/mol. The Balaban J connectivity index is 2.12. The van der Waals surface area contributed by atoms with Gasteiger partial charge in [-0.1, -0.05) is 19.1 Å². The highest BCUT2D eigenvalue weighted by atomic mass is 16.5. The van der Waals surface area contributed by atoms with Gasteiger partial charge in [0.25, 0.3) is 5.91 Å². The van der Waals surface area contributed by atoms with Crippen LogP contribution >= 0.6 is 0 Å². The highest BCUT2D eigenvalue weighted by Crippen LogP contribution is 2.57. The van der Waals surface area contributed by atoms with Crippen molar-refractivity contribution in [2.24, 2.45) is 17.6 Å². The van der Waals surface area contributed by atoms with E-state index in [0.717, 1.165) is 0 Å². The van der Waals surface area contributed by atoms with Crippen molar-refractivity contribution in [1.82, 2.24) is 4.90 Å². The maximum absolute atomic E-state index is 13.7. The van der Waals surface area contributed by atoms with Gasteiger partial charge < -0.3 is 30.5 Å². The van der Waals surface area contributed by atoms with E-state index >= 15 is 0 Å². The first kappa shape index (κ1) is 23.9. The molecule has 4 rings (SSSR count). The Morgan fingerprint density at radius 1 is 1.15 bits per heavy atom. The molecular formula is C24H28N2O8. The lowest BCUT2D eigenvalue weighted by atomic mass is 9.55. The molecular weight excluding hydrogens is 444 g/mol. The van der Waals surface area contributed by atoms with Gasteiger partial charge in [0, 0.05) is 25.7 Å². The Hall–Kier alpha value is -3.21. The number of methoxy groups -OCH3 is 2. The number of Topliss-reactive ketones (excluding diaryl/α,β-unsaturated/α-hetero) is 2. The van der Waals surface area contributed by atoms with Crippen molar-refractivity contribution in [2.75, 3.05) is 28.3 Å². The maximum Gasteiger partial charge on any atom is 0.255 e. The third-order valence-electron chi connectivity index (χ3n) is 7.53. The molecule has 0 radical (unpaired) electrons. The summed E-state index contributed by atoms with van der Waals surface area (Å²) in [7, 11) is 5.83. The van der Waals surface area contributed by atoms with Gasteiger partial charge in [0.1, 0.15) is 22.8 Å². The van der Waals surface area contributed by atoms with Crippen LogP contribution < -0.4 is 5.73 Å². The number of carbonyl (C=O) groups excluding carboxylic acids is 3. The minimum Gasteiger partial charge on any atom is -0.510 e. The standard InChI is InChI=1S/C24H28N2O8/c1-9-10-7-6-8-11(27)13(10)18(28)14-12(9)20(33-4)16-17(26(2)3)19(29)15(23(25)32)22(31)24(16,34-5)21(14)30/h6-9,12,16-17,20,27,29-30H,1-5H3,(H2,25,32). The second-order valence-electron chi connectivity index (χ2n) is 9.18. The summed E-state index contributed by atoms with van der Waals surface area (Å²) in [4.78, 5) is 41.2. The molecule has 3 aliphatic rings. The van der Waals surface area contributed by atoms with E-state index in [0.29, 0.717) is 5.56 Å². The highest BCUT2D eigenvalue weighted by Gasteiger charge is 2.68. The van der Waals surface area contributed by atoms with Crippen molar-refractivity contribution in [3.8, 4) is 5.75 Å². The van der Waals surface area contributed by atoms with Gasteiger partial charge in [-0.3, -0.25) is 19.3 Å². The zero-order chi connectivity index (χ0) is 25.3. The van der Waals surface area contributed by atoms with Crippen molar-refractivity contribution in [3.05, 3.63) is 52.0 Å². The third-order valence-corrected chi connectivity index (χ3v) is 7.53. The van der Waals surface area contributed by atoms with Crippen LogP contribution in [-0.4, -0.2) is 83.8 Å². The zero-order valence-electron chi connectivity index (χ0n) is 19.5. The number of nitrogens with two attached hydrogens (primary N) is 1. The van der Waals surface area contributed by atoms with Gasteiger partial charge in [-0.25, -0.2) is 0 Å². The van der Waals surface area contributed by atoms with Crippen molar-refractivity contribution < 1.29 is 39.2 Å². The van der Waals surface area contributed by atoms with Gasteiger partial charge in [0.05, 0.1) is 23.6 Å². The predicted molar refractivity (Wildman–Crippen MR) is 119 cm³/mol. The average molecular weight is 472 g/mol. The number of phenols is 1. The second kappa shape index (κ2) is 7.93. The summed E-state index contributed by atoms with van der Waals surface area (Å²) in [6.07, 6.45) is -0.909.